The Morgan fingerprint density at radius 3 is 2.96 bits per heavy atom. The van der Waals surface area contributed by atoms with Crippen molar-refractivity contribution in [3.63, 3.8) is 0 Å². The molecule has 6 nitrogen and oxygen atoms in total. The average Bonchev–Trinajstić information content (AvgIpc) is 2.65. The lowest BCUT2D eigenvalue weighted by atomic mass is 10.1. The molecule has 0 saturated heterocycles. The fourth-order valence-electron chi connectivity index (χ4n) is 3.18. The minimum Gasteiger partial charge on any atom is -0.506 e. The summed E-state index contributed by atoms with van der Waals surface area (Å²) in [7, 11) is 0. The molecule has 7 heteroatoms. The smallest absolute Gasteiger partial charge is 0.254 e. The summed E-state index contributed by atoms with van der Waals surface area (Å²) in [6, 6.07) is 8.90. The number of H-pyrrole nitrogens is 1. The highest BCUT2D eigenvalue weighted by Crippen LogP contribution is 2.25. The van der Waals surface area contributed by atoms with Crippen LogP contribution in [0.5, 0.6) is 5.75 Å². The Hall–Kier alpha value is -2.70. The second-order valence-electron chi connectivity index (χ2n) is 6.33. The summed E-state index contributed by atoms with van der Waals surface area (Å²) in [5.41, 5.74) is 3.26. The zero-order chi connectivity index (χ0) is 18.1. The van der Waals surface area contributed by atoms with Crippen molar-refractivity contribution in [2.75, 3.05) is 6.54 Å². The number of nitrogens with zero attached hydrogens (tertiary/aromatic N) is 3. The number of aromatic nitrogens is 3. The predicted octanol–water partition coefficient (Wildman–Crippen LogP) is 2.75. The van der Waals surface area contributed by atoms with Crippen molar-refractivity contribution in [2.24, 2.45) is 0 Å². The molecule has 4 rings (SSSR count). The highest BCUT2D eigenvalue weighted by atomic mass is 35.5. The van der Waals surface area contributed by atoms with Gasteiger partial charge in [0.15, 0.2) is 0 Å². The Bertz CT molecular complexity index is 1000. The van der Waals surface area contributed by atoms with E-state index in [-0.39, 0.29) is 11.3 Å². The number of hydrogen-bond donors (Lipinski definition) is 2. The molecule has 0 radical (unpaired) electrons. The summed E-state index contributed by atoms with van der Waals surface area (Å²) < 4.78 is 0. The number of nitrogens with one attached hydrogen (secondary N) is 1. The van der Waals surface area contributed by atoms with Gasteiger partial charge in [-0.3, -0.25) is 14.7 Å². The molecule has 0 saturated carbocycles. The number of aromatic amines is 1. The van der Waals surface area contributed by atoms with Crippen LogP contribution in [0.2, 0.25) is 5.02 Å². The van der Waals surface area contributed by atoms with E-state index in [2.05, 4.69) is 19.9 Å². The van der Waals surface area contributed by atoms with Crippen LogP contribution < -0.4 is 5.56 Å². The maximum Gasteiger partial charge on any atom is 0.254 e. The van der Waals surface area contributed by atoms with E-state index in [9.17, 15) is 9.90 Å². The maximum atomic E-state index is 12.4. The van der Waals surface area contributed by atoms with Crippen molar-refractivity contribution in [3.8, 4) is 17.1 Å². The quantitative estimate of drug-likeness (QED) is 0.742. The molecule has 1 aromatic carbocycles. The SMILES string of the molecule is O=c1[nH]c(-c2cccnc2)nc2c1CCN(Cc1ccc(O)c(Cl)c1)C2. The number of phenols is 1. The van der Waals surface area contributed by atoms with Gasteiger partial charge in [0.2, 0.25) is 0 Å². The minimum absolute atomic E-state index is 0.0775. The summed E-state index contributed by atoms with van der Waals surface area (Å²) >= 11 is 5.99. The molecule has 0 atom stereocenters. The molecular formula is C19H17ClN4O2. The van der Waals surface area contributed by atoms with Crippen molar-refractivity contribution in [3.05, 3.63) is 74.9 Å². The predicted molar refractivity (Wildman–Crippen MR) is 99.0 cm³/mol. The van der Waals surface area contributed by atoms with Gasteiger partial charge in [0.1, 0.15) is 11.6 Å². The number of halogens is 1. The molecule has 3 aromatic rings. The van der Waals surface area contributed by atoms with Gasteiger partial charge in [0, 0.05) is 43.2 Å². The third-order valence-corrected chi connectivity index (χ3v) is 4.81. The molecule has 0 spiro atoms. The lowest BCUT2D eigenvalue weighted by molar-refractivity contribution is 0.240. The van der Waals surface area contributed by atoms with Crippen molar-refractivity contribution in [2.45, 2.75) is 19.5 Å². The summed E-state index contributed by atoms with van der Waals surface area (Å²) in [5.74, 6) is 0.616. The molecule has 0 bridgehead atoms. The third-order valence-electron chi connectivity index (χ3n) is 4.51. The molecule has 0 aliphatic carbocycles. The Morgan fingerprint density at radius 1 is 1.31 bits per heavy atom. The molecule has 2 aromatic heterocycles. The number of pyridine rings is 1. The average molecular weight is 369 g/mol. The Labute approximate surface area is 155 Å². The van der Waals surface area contributed by atoms with Crippen LogP contribution in [-0.4, -0.2) is 31.5 Å². The van der Waals surface area contributed by atoms with E-state index in [0.717, 1.165) is 28.9 Å². The van der Waals surface area contributed by atoms with Crippen LogP contribution in [0.25, 0.3) is 11.4 Å². The van der Waals surface area contributed by atoms with Gasteiger partial charge >= 0.3 is 0 Å². The standard InChI is InChI=1S/C19H17ClN4O2/c20-15-8-12(3-4-17(15)25)10-24-7-5-14-16(11-24)22-18(23-19(14)26)13-2-1-6-21-9-13/h1-4,6,8-9,25H,5,7,10-11H2,(H,22,23,26). The van der Waals surface area contributed by atoms with Gasteiger partial charge in [0.25, 0.3) is 5.56 Å². The number of fused-ring (bicyclic) bond motifs is 1. The van der Waals surface area contributed by atoms with Crippen LogP contribution in [-0.2, 0) is 19.5 Å². The van der Waals surface area contributed by atoms with Crippen molar-refractivity contribution >= 4 is 11.6 Å². The Kier molecular flexibility index (Phi) is 4.44. The highest BCUT2D eigenvalue weighted by molar-refractivity contribution is 6.32. The van der Waals surface area contributed by atoms with Crippen LogP contribution in [0.1, 0.15) is 16.8 Å². The molecule has 0 unspecified atom stereocenters. The van der Waals surface area contributed by atoms with E-state index < -0.39 is 0 Å². The molecule has 0 amide bonds. The fourth-order valence-corrected chi connectivity index (χ4v) is 3.38. The molecule has 1 aliphatic heterocycles. The highest BCUT2D eigenvalue weighted by Gasteiger charge is 2.21. The first-order chi connectivity index (χ1) is 12.6. The van der Waals surface area contributed by atoms with Gasteiger partial charge in [-0.25, -0.2) is 4.98 Å². The first-order valence-electron chi connectivity index (χ1n) is 8.32. The summed E-state index contributed by atoms with van der Waals surface area (Å²) in [5, 5.41) is 9.89. The summed E-state index contributed by atoms with van der Waals surface area (Å²) in [6.45, 7) is 2.03. The number of rotatable bonds is 3. The van der Waals surface area contributed by atoms with E-state index in [0.29, 0.717) is 30.4 Å². The summed E-state index contributed by atoms with van der Waals surface area (Å²) in [6.07, 6.45) is 4.02. The second-order valence-corrected chi connectivity index (χ2v) is 6.74. The Morgan fingerprint density at radius 2 is 2.19 bits per heavy atom. The second kappa shape index (κ2) is 6.90. The molecular weight excluding hydrogens is 352 g/mol. The van der Waals surface area contributed by atoms with E-state index in [4.69, 9.17) is 11.6 Å². The van der Waals surface area contributed by atoms with Crippen LogP contribution in [0, 0.1) is 0 Å². The van der Waals surface area contributed by atoms with Gasteiger partial charge in [-0.05, 0) is 36.2 Å². The van der Waals surface area contributed by atoms with Crippen molar-refractivity contribution < 1.29 is 5.11 Å². The van der Waals surface area contributed by atoms with Gasteiger partial charge in [0.05, 0.1) is 10.7 Å². The molecule has 2 N–H and O–H groups in total. The van der Waals surface area contributed by atoms with Crippen molar-refractivity contribution in [1.29, 1.82) is 0 Å². The lowest BCUT2D eigenvalue weighted by Crippen LogP contribution is -2.35. The third kappa shape index (κ3) is 3.34. The zero-order valence-electron chi connectivity index (χ0n) is 13.9. The van der Waals surface area contributed by atoms with Crippen molar-refractivity contribution in [1.82, 2.24) is 19.9 Å². The van der Waals surface area contributed by atoms with Gasteiger partial charge in [-0.1, -0.05) is 17.7 Å². The number of aromatic hydroxyl groups is 1. The van der Waals surface area contributed by atoms with E-state index in [1.54, 1.807) is 24.5 Å². The van der Waals surface area contributed by atoms with E-state index >= 15 is 0 Å². The van der Waals surface area contributed by atoms with Crippen LogP contribution >= 0.6 is 11.6 Å². The van der Waals surface area contributed by atoms with Gasteiger partial charge in [-0.15, -0.1) is 0 Å². The number of phenolic OH excluding ortho intramolecular Hbond substituents is 1. The van der Waals surface area contributed by atoms with Crippen LogP contribution in [0.3, 0.4) is 0 Å². The molecule has 0 fully saturated rings. The number of benzene rings is 1. The molecule has 132 valence electrons. The molecule has 1 aliphatic rings. The topological polar surface area (TPSA) is 82.1 Å². The fraction of sp³-hybridized carbons (Fsp3) is 0.211. The lowest BCUT2D eigenvalue weighted by Gasteiger charge is -2.27. The molecule has 3 heterocycles. The molecule has 26 heavy (non-hydrogen) atoms. The first-order valence-corrected chi connectivity index (χ1v) is 8.70. The van der Waals surface area contributed by atoms with Crippen LogP contribution in [0.4, 0.5) is 0 Å². The number of hydrogen-bond acceptors (Lipinski definition) is 5. The van der Waals surface area contributed by atoms with Crippen LogP contribution in [0.15, 0.2) is 47.5 Å². The largest absolute Gasteiger partial charge is 0.506 e. The first kappa shape index (κ1) is 16.8. The van der Waals surface area contributed by atoms with E-state index in [1.165, 1.54) is 0 Å². The minimum atomic E-state index is -0.0822. The van der Waals surface area contributed by atoms with Gasteiger partial charge in [-0.2, -0.15) is 0 Å². The monoisotopic (exact) mass is 368 g/mol. The Balaban J connectivity index is 1.60. The zero-order valence-corrected chi connectivity index (χ0v) is 14.7. The normalized spacial score (nSPS) is 14.2. The van der Waals surface area contributed by atoms with Gasteiger partial charge < -0.3 is 10.1 Å². The maximum absolute atomic E-state index is 12.4. The van der Waals surface area contributed by atoms with E-state index in [1.807, 2.05) is 18.2 Å². The summed E-state index contributed by atoms with van der Waals surface area (Å²) in [4.78, 5) is 26.2.